The van der Waals surface area contributed by atoms with Crippen molar-refractivity contribution in [2.45, 2.75) is 75.8 Å². The zero-order valence-corrected chi connectivity index (χ0v) is 28.8. The third kappa shape index (κ3) is 15.0. The van der Waals surface area contributed by atoms with Gasteiger partial charge >= 0.3 is 8.80 Å². The van der Waals surface area contributed by atoms with Gasteiger partial charge in [0.25, 0.3) is 8.80 Å². The Balaban J connectivity index is 2.24. The van der Waals surface area contributed by atoms with Crippen molar-refractivity contribution in [3.8, 4) is 0 Å². The Bertz CT molecular complexity index is 618. The summed E-state index contributed by atoms with van der Waals surface area (Å²) in [4.78, 5) is 4.68. The minimum Gasteiger partial charge on any atom is -0.527 e. The number of aliphatic hydroxyl groups excluding tert-OH is 2. The maximum absolute atomic E-state index is 10.6. The fourth-order valence-corrected chi connectivity index (χ4v) is 8.78. The lowest BCUT2D eigenvalue weighted by Crippen LogP contribution is -2.43. The smallest absolute Gasteiger partial charge is 0.500 e. The first-order valence-electron chi connectivity index (χ1n) is 15.0. The number of nitrogens with zero attached hydrogens (tertiary/aromatic N) is 2. The lowest BCUT2D eigenvalue weighted by molar-refractivity contribution is 0.0111. The van der Waals surface area contributed by atoms with Gasteiger partial charge in [-0.3, -0.25) is 4.90 Å². The number of rotatable bonds is 27. The van der Waals surface area contributed by atoms with E-state index in [4.69, 9.17) is 36.0 Å². The highest BCUT2D eigenvalue weighted by molar-refractivity contribution is 6.60. The summed E-state index contributed by atoms with van der Waals surface area (Å²) >= 11 is 0. The van der Waals surface area contributed by atoms with Crippen LogP contribution in [-0.2, 0) is 36.0 Å². The van der Waals surface area contributed by atoms with E-state index in [1.807, 2.05) is 0 Å². The largest absolute Gasteiger partial charge is 0.527 e. The fraction of sp³-hybridized carbons (Fsp3) is 1.00. The van der Waals surface area contributed by atoms with Crippen LogP contribution in [0.4, 0.5) is 0 Å². The van der Waals surface area contributed by atoms with Crippen LogP contribution in [0.1, 0.15) is 45.4 Å². The molecule has 1 fully saturated rings. The lowest BCUT2D eigenvalue weighted by atomic mass is 10.1. The Hall–Kier alpha value is -0.0462. The number of hydrogen-bond donors (Lipinski definition) is 2. The van der Waals surface area contributed by atoms with Gasteiger partial charge in [0, 0.05) is 59.7 Å². The molecule has 0 aromatic rings. The molecule has 247 valence electrons. The molecule has 3 unspecified atom stereocenters. The second-order valence-corrected chi connectivity index (χ2v) is 16.8. The maximum atomic E-state index is 10.6. The third-order valence-electron chi connectivity index (χ3n) is 7.90. The molecule has 0 aromatic heterocycles. The first-order chi connectivity index (χ1) is 19.8. The predicted octanol–water partition coefficient (Wildman–Crippen LogP) is 1.84. The van der Waals surface area contributed by atoms with Crippen molar-refractivity contribution < 1.29 is 46.2 Å². The van der Waals surface area contributed by atoms with E-state index in [9.17, 15) is 10.2 Å². The quantitative estimate of drug-likeness (QED) is 0.102. The molecule has 3 atom stereocenters. The highest BCUT2D eigenvalue weighted by Crippen LogP contribution is 2.22. The Labute approximate surface area is 251 Å². The van der Waals surface area contributed by atoms with Gasteiger partial charge in [-0.2, -0.15) is 0 Å². The van der Waals surface area contributed by atoms with E-state index < -0.39 is 29.8 Å². The Morgan fingerprint density at radius 2 is 1.49 bits per heavy atom. The first kappa shape index (κ1) is 39.0. The molecular formula is C27H60N2O10Si2-. The highest BCUT2D eigenvalue weighted by atomic mass is 28.4. The van der Waals surface area contributed by atoms with Crippen LogP contribution in [-0.4, -0.2) is 158 Å². The molecule has 0 spiro atoms. The average molecular weight is 629 g/mol. The van der Waals surface area contributed by atoms with Crippen LogP contribution < -0.4 is 0 Å². The van der Waals surface area contributed by atoms with E-state index in [0.29, 0.717) is 57.6 Å². The molecule has 14 heteroatoms. The van der Waals surface area contributed by atoms with Gasteiger partial charge in [-0.15, -0.1) is 0 Å². The molecule has 0 saturated carbocycles. The summed E-state index contributed by atoms with van der Waals surface area (Å²) in [5.41, 5.74) is 0. The molecule has 1 rings (SSSR count). The fourth-order valence-electron chi connectivity index (χ4n) is 5.40. The first-order valence-corrected chi connectivity index (χ1v) is 18.9. The zero-order valence-electron chi connectivity index (χ0n) is 26.8. The van der Waals surface area contributed by atoms with Crippen LogP contribution >= 0.6 is 0 Å². The van der Waals surface area contributed by atoms with Gasteiger partial charge in [0.1, 0.15) is 0 Å². The molecule has 41 heavy (non-hydrogen) atoms. The van der Waals surface area contributed by atoms with Crippen molar-refractivity contribution in [3.05, 3.63) is 0 Å². The van der Waals surface area contributed by atoms with E-state index in [2.05, 4.69) is 16.7 Å². The van der Waals surface area contributed by atoms with E-state index in [1.54, 1.807) is 42.7 Å². The van der Waals surface area contributed by atoms with Crippen molar-refractivity contribution in [1.82, 2.24) is 9.80 Å². The van der Waals surface area contributed by atoms with Gasteiger partial charge in [-0.05, 0) is 73.1 Å². The number of β-amino-alcohol motifs (C(OH)–C–C–N with tert-alkyl or cyclic N) is 1. The maximum Gasteiger partial charge on any atom is 0.500 e. The second-order valence-electron chi connectivity index (χ2n) is 10.6. The van der Waals surface area contributed by atoms with E-state index in [0.717, 1.165) is 58.2 Å². The van der Waals surface area contributed by atoms with Crippen LogP contribution in [0.5, 0.6) is 0 Å². The summed E-state index contributed by atoms with van der Waals surface area (Å²) < 4.78 is 44.0. The van der Waals surface area contributed by atoms with Gasteiger partial charge in [0.15, 0.2) is 0 Å². The molecule has 0 amide bonds. The van der Waals surface area contributed by atoms with Gasteiger partial charge in [0.05, 0.1) is 25.4 Å². The number of likely N-dealkylation sites (tertiary alicyclic amines) is 1. The monoisotopic (exact) mass is 628 g/mol. The van der Waals surface area contributed by atoms with Crippen LogP contribution in [0.15, 0.2) is 0 Å². The normalized spacial score (nSPS) is 18.4. The SMILES string of the molecule is CCN(CCCC1CCCN1CC(O)COCCC[Si-](OC)(OC)OC)CC(O)COCCC[Si](OC)(OC)OC. The Morgan fingerprint density at radius 3 is 2.07 bits per heavy atom. The molecule has 0 aromatic carbocycles. The van der Waals surface area contributed by atoms with Crippen molar-refractivity contribution in [3.63, 3.8) is 0 Å². The highest BCUT2D eigenvalue weighted by Gasteiger charge is 2.36. The van der Waals surface area contributed by atoms with Crippen LogP contribution in [0.2, 0.25) is 12.1 Å². The van der Waals surface area contributed by atoms with Crippen molar-refractivity contribution in [2.75, 3.05) is 102 Å². The minimum absolute atomic E-state index is 0.308. The predicted molar refractivity (Wildman–Crippen MR) is 162 cm³/mol. The van der Waals surface area contributed by atoms with Gasteiger partial charge < -0.3 is 51.1 Å². The number of likely N-dealkylation sites (N-methyl/N-ethyl adjacent to an activating group) is 1. The molecule has 1 aliphatic heterocycles. The van der Waals surface area contributed by atoms with Crippen LogP contribution in [0, 0.1) is 0 Å². The lowest BCUT2D eigenvalue weighted by Gasteiger charge is -2.38. The molecular weight excluding hydrogens is 568 g/mol. The molecule has 12 nitrogen and oxygen atoms in total. The number of aliphatic hydroxyl groups is 2. The molecule has 2 N–H and O–H groups in total. The number of hydrogen-bond acceptors (Lipinski definition) is 12. The zero-order chi connectivity index (χ0) is 30.6. The number of ether oxygens (including phenoxy) is 2. The molecule has 1 aliphatic rings. The Morgan fingerprint density at radius 1 is 0.878 bits per heavy atom. The summed E-state index contributed by atoms with van der Waals surface area (Å²) in [6.45, 7) is 7.87. The van der Waals surface area contributed by atoms with E-state index in [1.165, 1.54) is 0 Å². The average Bonchev–Trinajstić information content (AvgIpc) is 3.43. The van der Waals surface area contributed by atoms with Crippen molar-refractivity contribution in [1.29, 1.82) is 0 Å². The van der Waals surface area contributed by atoms with Crippen molar-refractivity contribution >= 4 is 17.6 Å². The Kier molecular flexibility index (Phi) is 21.4. The topological polar surface area (TPSA) is 121 Å². The summed E-state index contributed by atoms with van der Waals surface area (Å²) in [6.07, 6.45) is 4.93. The summed E-state index contributed by atoms with van der Waals surface area (Å²) in [5, 5.41) is 21.0. The summed E-state index contributed by atoms with van der Waals surface area (Å²) in [6, 6.07) is 1.84. The van der Waals surface area contributed by atoms with Gasteiger partial charge in [-0.25, -0.2) is 0 Å². The molecule has 0 radical (unpaired) electrons. The van der Waals surface area contributed by atoms with E-state index >= 15 is 0 Å². The van der Waals surface area contributed by atoms with Crippen LogP contribution in [0.25, 0.3) is 0 Å². The molecule has 0 aliphatic carbocycles. The van der Waals surface area contributed by atoms with Gasteiger partial charge in [-0.1, -0.05) is 19.4 Å². The third-order valence-corrected chi connectivity index (χ3v) is 13.6. The molecule has 1 saturated heterocycles. The van der Waals surface area contributed by atoms with Crippen molar-refractivity contribution in [2.24, 2.45) is 0 Å². The molecule has 1 heterocycles. The molecule has 0 bridgehead atoms. The minimum atomic E-state index is -2.57. The van der Waals surface area contributed by atoms with Crippen LogP contribution in [0.3, 0.4) is 0 Å². The standard InChI is InChI=1S/C27H60N2O10Si2/c1-8-28(21-26(30)23-38-17-11-19-40(32-2,33-3)34-4)15-9-13-25-14-10-16-29(25)22-27(31)24-39-18-12-20-41(35-5,36-6)37-7/h25-27,30-31H,8-24H2,1-7H3/q-1. The summed E-state index contributed by atoms with van der Waals surface area (Å²) in [7, 11) is 4.51. The van der Waals surface area contributed by atoms with Gasteiger partial charge in [0.2, 0.25) is 0 Å². The second kappa shape index (κ2) is 22.5. The van der Waals surface area contributed by atoms with E-state index in [-0.39, 0.29) is 0 Å². The summed E-state index contributed by atoms with van der Waals surface area (Å²) in [5.74, 6) is 0.